The highest BCUT2D eigenvalue weighted by molar-refractivity contribution is 8.00. The first-order valence-corrected chi connectivity index (χ1v) is 12.6. The monoisotopic (exact) mass is 476 g/mol. The lowest BCUT2D eigenvalue weighted by Gasteiger charge is -2.19. The van der Waals surface area contributed by atoms with Crippen molar-refractivity contribution >= 4 is 43.2 Å². The van der Waals surface area contributed by atoms with E-state index in [1.165, 1.54) is 11.8 Å². The molecule has 0 aliphatic carbocycles. The molecule has 0 spiro atoms. The molecule has 2 heterocycles. The van der Waals surface area contributed by atoms with Crippen molar-refractivity contribution in [3.8, 4) is 0 Å². The van der Waals surface area contributed by atoms with Gasteiger partial charge in [-0.05, 0) is 24.0 Å². The molecule has 2 unspecified atom stereocenters. The lowest BCUT2D eigenvalue weighted by Crippen LogP contribution is -2.41. The molecule has 2 atom stereocenters. The zero-order chi connectivity index (χ0) is 23.2. The summed E-state index contributed by atoms with van der Waals surface area (Å²) in [5, 5.41) is -0.556. The zero-order valence-electron chi connectivity index (χ0n) is 17.9. The van der Waals surface area contributed by atoms with E-state index < -0.39 is 24.9 Å². The maximum Gasteiger partial charge on any atom is 0.472 e. The number of imide groups is 2. The summed E-state index contributed by atoms with van der Waals surface area (Å²) >= 11 is 1.27. The van der Waals surface area contributed by atoms with Crippen LogP contribution in [0.5, 0.6) is 0 Å². The second-order valence-corrected chi connectivity index (χ2v) is 11.2. The van der Waals surface area contributed by atoms with Gasteiger partial charge in [0.05, 0.1) is 18.5 Å². The molecule has 31 heavy (non-hydrogen) atoms. The molecule has 12 heteroatoms. The Morgan fingerprint density at radius 1 is 1.06 bits per heavy atom. The van der Waals surface area contributed by atoms with E-state index in [2.05, 4.69) is 0 Å². The van der Waals surface area contributed by atoms with Gasteiger partial charge in [-0.1, -0.05) is 20.8 Å². The van der Waals surface area contributed by atoms with Crippen LogP contribution in [0.4, 0.5) is 0 Å². The summed E-state index contributed by atoms with van der Waals surface area (Å²) < 4.78 is 21.7. The van der Waals surface area contributed by atoms with Crippen molar-refractivity contribution < 1.29 is 37.7 Å². The van der Waals surface area contributed by atoms with Gasteiger partial charge in [-0.3, -0.25) is 38.0 Å². The van der Waals surface area contributed by atoms with Gasteiger partial charge >= 0.3 is 7.82 Å². The summed E-state index contributed by atoms with van der Waals surface area (Å²) in [4.78, 5) is 59.4. The Morgan fingerprint density at radius 3 is 2.26 bits per heavy atom. The van der Waals surface area contributed by atoms with Crippen molar-refractivity contribution in [2.45, 2.75) is 45.3 Å². The molecule has 10 nitrogen and oxygen atoms in total. The molecule has 2 rings (SSSR count). The number of amides is 4. The van der Waals surface area contributed by atoms with Gasteiger partial charge < -0.3 is 4.89 Å². The Morgan fingerprint density at radius 2 is 1.65 bits per heavy atom. The molecule has 1 fully saturated rings. The summed E-state index contributed by atoms with van der Waals surface area (Å²) in [7, 11) is -4.11. The lowest BCUT2D eigenvalue weighted by atomic mass is 9.93. The van der Waals surface area contributed by atoms with Crippen molar-refractivity contribution in [1.29, 1.82) is 0 Å². The molecule has 0 aromatic carbocycles. The van der Waals surface area contributed by atoms with Crippen molar-refractivity contribution in [2.75, 3.05) is 32.1 Å². The van der Waals surface area contributed by atoms with Crippen molar-refractivity contribution in [2.24, 2.45) is 5.41 Å². The first-order chi connectivity index (χ1) is 14.4. The zero-order valence-corrected chi connectivity index (χ0v) is 19.7. The molecule has 0 aromatic heterocycles. The van der Waals surface area contributed by atoms with Gasteiger partial charge in [0.1, 0.15) is 0 Å². The SMILES string of the molecule is CC(C)(C)CCOP(=O)(O)OCCCSC1CC(=O)N(CCN2C(=O)C=CC2=O)C1=O. The fourth-order valence-electron chi connectivity index (χ4n) is 2.84. The van der Waals surface area contributed by atoms with Gasteiger partial charge in [0.2, 0.25) is 11.8 Å². The van der Waals surface area contributed by atoms with E-state index in [1.807, 2.05) is 20.8 Å². The molecule has 2 aliphatic heterocycles. The maximum atomic E-state index is 12.5. The second-order valence-electron chi connectivity index (χ2n) is 8.41. The Kier molecular flexibility index (Phi) is 9.03. The molecule has 0 radical (unpaired) electrons. The number of phosphoric ester groups is 1. The van der Waals surface area contributed by atoms with Crippen LogP contribution in [0.25, 0.3) is 0 Å². The molecule has 1 N–H and O–H groups in total. The van der Waals surface area contributed by atoms with Crippen LogP contribution in [0.1, 0.15) is 40.0 Å². The quantitative estimate of drug-likeness (QED) is 0.254. The van der Waals surface area contributed by atoms with E-state index in [1.54, 1.807) is 0 Å². The topological polar surface area (TPSA) is 131 Å². The summed E-state index contributed by atoms with van der Waals surface area (Å²) in [6.07, 6.45) is 3.36. The van der Waals surface area contributed by atoms with E-state index in [0.29, 0.717) is 18.6 Å². The highest BCUT2D eigenvalue weighted by Gasteiger charge is 2.39. The average Bonchev–Trinajstić information content (AvgIpc) is 3.10. The van der Waals surface area contributed by atoms with Crippen molar-refractivity contribution in [3.05, 3.63) is 12.2 Å². The second kappa shape index (κ2) is 10.9. The number of hydrogen-bond donors (Lipinski definition) is 1. The van der Waals surface area contributed by atoms with Crippen LogP contribution < -0.4 is 0 Å². The molecule has 2 aliphatic rings. The van der Waals surface area contributed by atoms with E-state index in [9.17, 15) is 28.6 Å². The third kappa shape index (κ3) is 8.16. The van der Waals surface area contributed by atoms with Gasteiger partial charge in [0.15, 0.2) is 0 Å². The Labute approximate surface area is 185 Å². The minimum atomic E-state index is -4.11. The molecule has 0 saturated carbocycles. The van der Waals surface area contributed by atoms with Crippen LogP contribution in [-0.4, -0.2) is 75.6 Å². The lowest BCUT2D eigenvalue weighted by molar-refractivity contribution is -0.142. The van der Waals surface area contributed by atoms with Crippen molar-refractivity contribution in [3.63, 3.8) is 0 Å². The molecule has 174 valence electrons. The first-order valence-electron chi connectivity index (χ1n) is 10.0. The Balaban J connectivity index is 1.66. The largest absolute Gasteiger partial charge is 0.472 e. The number of rotatable bonds is 12. The number of carbonyl (C=O) groups is 4. The molecule has 4 amide bonds. The van der Waals surface area contributed by atoms with Crippen LogP contribution in [0.3, 0.4) is 0 Å². The van der Waals surface area contributed by atoms with E-state index in [0.717, 1.165) is 22.0 Å². The van der Waals surface area contributed by atoms with E-state index >= 15 is 0 Å². The molecular weight excluding hydrogens is 447 g/mol. The summed E-state index contributed by atoms with van der Waals surface area (Å²) in [5.41, 5.74) is -0.0216. The number of likely N-dealkylation sites (tertiary alicyclic amines) is 1. The summed E-state index contributed by atoms with van der Waals surface area (Å²) in [5.74, 6) is -1.18. The fraction of sp³-hybridized carbons (Fsp3) is 0.684. The average molecular weight is 476 g/mol. The smallest absolute Gasteiger partial charge is 0.302 e. The number of hydrogen-bond acceptors (Lipinski definition) is 8. The number of phosphoric acid groups is 1. The Bertz CT molecular complexity index is 776. The number of carbonyl (C=O) groups excluding carboxylic acids is 4. The van der Waals surface area contributed by atoms with Crippen LogP contribution in [-0.2, 0) is 32.8 Å². The van der Waals surface area contributed by atoms with Crippen LogP contribution >= 0.6 is 19.6 Å². The normalized spacial score (nSPS) is 21.5. The predicted octanol–water partition coefficient (Wildman–Crippen LogP) is 1.73. The third-order valence-electron chi connectivity index (χ3n) is 4.62. The van der Waals surface area contributed by atoms with Crippen LogP contribution in [0.2, 0.25) is 0 Å². The van der Waals surface area contributed by atoms with Gasteiger partial charge in [0.25, 0.3) is 11.8 Å². The molecular formula is C19H29N2O8PS. The molecule has 0 bridgehead atoms. The molecule has 1 saturated heterocycles. The van der Waals surface area contributed by atoms with Gasteiger partial charge in [-0.25, -0.2) is 4.57 Å². The van der Waals surface area contributed by atoms with Crippen LogP contribution in [0.15, 0.2) is 12.2 Å². The van der Waals surface area contributed by atoms with Gasteiger partial charge in [0, 0.05) is 31.7 Å². The predicted molar refractivity (Wildman–Crippen MR) is 114 cm³/mol. The van der Waals surface area contributed by atoms with Gasteiger partial charge in [-0.15, -0.1) is 11.8 Å². The highest BCUT2D eigenvalue weighted by atomic mass is 32.2. The number of nitrogens with zero attached hydrogens (tertiary/aromatic N) is 2. The Hall–Kier alpha value is -1.52. The standard InChI is InChI=1S/C19H29N2O8PS/c1-19(2,3)7-11-29-30(26,27)28-10-4-12-31-14-13-17(24)21(18(14)25)9-8-20-15(22)5-6-16(20)23/h5-6,14H,4,7-13H2,1-3H3,(H,26,27). The van der Waals surface area contributed by atoms with Crippen LogP contribution in [0, 0.1) is 5.41 Å². The summed E-state index contributed by atoms with van der Waals surface area (Å²) in [6.45, 7) is 6.03. The highest BCUT2D eigenvalue weighted by Crippen LogP contribution is 2.44. The minimum Gasteiger partial charge on any atom is -0.302 e. The summed E-state index contributed by atoms with van der Waals surface area (Å²) in [6, 6.07) is 0. The van der Waals surface area contributed by atoms with E-state index in [4.69, 9.17) is 9.05 Å². The molecule has 0 aromatic rings. The fourth-order valence-corrected chi connectivity index (χ4v) is 4.69. The van der Waals surface area contributed by atoms with Gasteiger partial charge in [-0.2, -0.15) is 0 Å². The minimum absolute atomic E-state index is 0.0128. The third-order valence-corrected chi connectivity index (χ3v) is 6.93. The van der Waals surface area contributed by atoms with E-state index in [-0.39, 0.29) is 50.0 Å². The van der Waals surface area contributed by atoms with Crippen molar-refractivity contribution in [1.82, 2.24) is 9.80 Å². The number of thioether (sulfide) groups is 1. The first kappa shape index (κ1) is 25.7. The maximum absolute atomic E-state index is 12.5.